The highest BCUT2D eigenvalue weighted by molar-refractivity contribution is 7.89. The molecular formula is C26H34F3N3O5S. The summed E-state index contributed by atoms with van der Waals surface area (Å²) in [6, 6.07) is 4.30. The average Bonchev–Trinajstić information content (AvgIpc) is 3.03. The zero-order valence-corrected chi connectivity index (χ0v) is 23.1. The van der Waals surface area contributed by atoms with Gasteiger partial charge in [-0.3, -0.25) is 4.90 Å². The summed E-state index contributed by atoms with van der Waals surface area (Å²) in [5.74, 6) is -5.48. The van der Waals surface area contributed by atoms with Crippen LogP contribution in [-0.2, 0) is 21.2 Å². The summed E-state index contributed by atoms with van der Waals surface area (Å²) >= 11 is 0. The number of rotatable bonds is 7. The number of ether oxygens (including phenoxy) is 1. The van der Waals surface area contributed by atoms with Gasteiger partial charge in [-0.25, -0.2) is 31.1 Å². The fraction of sp³-hybridized carbons (Fsp3) is 0.538. The van der Waals surface area contributed by atoms with Gasteiger partial charge in [-0.1, -0.05) is 18.2 Å². The van der Waals surface area contributed by atoms with E-state index >= 15 is 13.2 Å². The largest absolute Gasteiger partial charge is 0.618 e. The smallest absolute Gasteiger partial charge is 0.410 e. The topological polar surface area (TPSA) is 103 Å². The summed E-state index contributed by atoms with van der Waals surface area (Å²) in [4.78, 5) is 13.7. The van der Waals surface area contributed by atoms with Gasteiger partial charge in [-0.05, 0) is 59.6 Å². The second kappa shape index (κ2) is 10.7. The van der Waals surface area contributed by atoms with Crippen LogP contribution in [0.25, 0.3) is 0 Å². The molecule has 0 radical (unpaired) electrons. The second-order valence-corrected chi connectivity index (χ2v) is 12.6. The summed E-state index contributed by atoms with van der Waals surface area (Å²) in [5.41, 5.74) is 0.151. The van der Waals surface area contributed by atoms with Crippen molar-refractivity contribution >= 4 is 16.1 Å². The van der Waals surface area contributed by atoms with E-state index in [-0.39, 0.29) is 11.1 Å². The lowest BCUT2D eigenvalue weighted by atomic mass is 9.90. The lowest BCUT2D eigenvalue weighted by Gasteiger charge is -2.30. The van der Waals surface area contributed by atoms with Crippen LogP contribution in [0.3, 0.4) is 0 Å². The molecule has 1 N–H and O–H groups in total. The molecule has 0 bridgehead atoms. The van der Waals surface area contributed by atoms with E-state index in [0.29, 0.717) is 16.0 Å². The Hall–Kier alpha value is -2.86. The third-order valence-electron chi connectivity index (χ3n) is 6.56. The van der Waals surface area contributed by atoms with Gasteiger partial charge in [0.25, 0.3) is 5.92 Å². The Morgan fingerprint density at radius 2 is 1.95 bits per heavy atom. The summed E-state index contributed by atoms with van der Waals surface area (Å²) in [6.45, 7) is 8.31. The first-order valence-corrected chi connectivity index (χ1v) is 14.0. The second-order valence-electron chi connectivity index (χ2n) is 10.6. The molecule has 3 atom stereocenters. The summed E-state index contributed by atoms with van der Waals surface area (Å²) in [5, 5.41) is 12.4. The first-order valence-electron chi connectivity index (χ1n) is 12.3. The number of amides is 1. The SMILES string of the molecule is CCS(=O)(=O)N[C@@H]1[C@H](Cc2cccc(C(C)c3c(C)ccc[n+]3[O-])c2F)N(C(=O)OC(C)(C)C)CC1(F)F. The van der Waals surface area contributed by atoms with Gasteiger partial charge in [0.05, 0.1) is 24.3 Å². The van der Waals surface area contributed by atoms with Crippen LogP contribution in [0, 0.1) is 17.9 Å². The van der Waals surface area contributed by atoms with Crippen molar-refractivity contribution in [3.8, 4) is 0 Å². The molecule has 1 aliphatic heterocycles. The highest BCUT2D eigenvalue weighted by Gasteiger charge is 2.58. The van der Waals surface area contributed by atoms with Crippen LogP contribution in [0.4, 0.5) is 18.0 Å². The van der Waals surface area contributed by atoms with Crippen LogP contribution >= 0.6 is 0 Å². The Labute approximate surface area is 221 Å². The predicted molar refractivity (Wildman–Crippen MR) is 136 cm³/mol. The quantitative estimate of drug-likeness (QED) is 0.409. The third-order valence-corrected chi connectivity index (χ3v) is 7.93. The third kappa shape index (κ3) is 6.40. The van der Waals surface area contributed by atoms with Crippen LogP contribution in [-0.4, -0.2) is 55.3 Å². The Balaban J connectivity index is 2.05. The Morgan fingerprint density at radius 1 is 1.29 bits per heavy atom. The number of nitrogens with one attached hydrogen (secondary N) is 1. The van der Waals surface area contributed by atoms with Crippen molar-refractivity contribution in [1.29, 1.82) is 0 Å². The summed E-state index contributed by atoms with van der Waals surface area (Å²) < 4.78 is 78.8. The molecule has 2 heterocycles. The number of hydrogen-bond acceptors (Lipinski definition) is 5. The number of benzene rings is 1. The number of aryl methyl sites for hydroxylation is 1. The van der Waals surface area contributed by atoms with Gasteiger partial charge < -0.3 is 9.94 Å². The minimum absolute atomic E-state index is 0.00246. The number of carbonyl (C=O) groups is 1. The zero-order chi connectivity index (χ0) is 28.6. The highest BCUT2D eigenvalue weighted by Crippen LogP contribution is 2.37. The monoisotopic (exact) mass is 557 g/mol. The van der Waals surface area contributed by atoms with E-state index in [1.165, 1.54) is 31.3 Å². The molecule has 12 heteroatoms. The number of pyridine rings is 1. The molecule has 1 fully saturated rings. The van der Waals surface area contributed by atoms with E-state index in [1.807, 2.05) is 4.72 Å². The maximum Gasteiger partial charge on any atom is 0.410 e. The van der Waals surface area contributed by atoms with Gasteiger partial charge in [0, 0.05) is 17.2 Å². The van der Waals surface area contributed by atoms with Crippen molar-refractivity contribution in [2.24, 2.45) is 0 Å². The molecule has 1 aromatic carbocycles. The van der Waals surface area contributed by atoms with Crippen LogP contribution in [0.2, 0.25) is 0 Å². The lowest BCUT2D eigenvalue weighted by Crippen LogP contribution is -2.53. The van der Waals surface area contributed by atoms with E-state index in [4.69, 9.17) is 4.74 Å². The van der Waals surface area contributed by atoms with Crippen molar-refractivity contribution in [3.05, 3.63) is 69.9 Å². The maximum absolute atomic E-state index is 15.9. The molecular weight excluding hydrogens is 523 g/mol. The molecule has 38 heavy (non-hydrogen) atoms. The van der Waals surface area contributed by atoms with Crippen molar-refractivity contribution in [1.82, 2.24) is 9.62 Å². The number of likely N-dealkylation sites (tertiary alicyclic amines) is 1. The highest BCUT2D eigenvalue weighted by atomic mass is 32.2. The number of halogens is 3. The molecule has 210 valence electrons. The lowest BCUT2D eigenvalue weighted by molar-refractivity contribution is -0.615. The molecule has 1 amide bonds. The minimum atomic E-state index is -4.10. The van der Waals surface area contributed by atoms with Crippen LogP contribution in [0.1, 0.15) is 62.9 Å². The van der Waals surface area contributed by atoms with E-state index < -0.39 is 70.2 Å². The van der Waals surface area contributed by atoms with E-state index in [2.05, 4.69) is 0 Å². The molecule has 0 saturated carbocycles. The van der Waals surface area contributed by atoms with E-state index in [0.717, 1.165) is 4.90 Å². The molecule has 0 spiro atoms. The standard InChI is InChI=1S/C26H34F3N3O5S/c1-7-38(35,36)30-23-20(31(15-26(23,28)29)24(33)37-25(4,5)6)14-18-11-8-12-19(21(18)27)17(3)22-16(2)10-9-13-32(22)34/h8-13,17,20,23,30H,7,14-15H2,1-6H3/t17?,20-,23+/m0/s1. The van der Waals surface area contributed by atoms with Gasteiger partial charge in [0.1, 0.15) is 17.5 Å². The number of nitrogens with zero attached hydrogens (tertiary/aromatic N) is 2. The molecule has 1 saturated heterocycles. The van der Waals surface area contributed by atoms with Gasteiger partial charge in [0.15, 0.2) is 6.20 Å². The predicted octanol–water partition coefficient (Wildman–Crippen LogP) is 4.02. The first kappa shape index (κ1) is 29.7. The molecule has 8 nitrogen and oxygen atoms in total. The molecule has 2 aromatic rings. The molecule has 1 aliphatic rings. The molecule has 1 unspecified atom stereocenters. The number of sulfonamides is 1. The Bertz CT molecular complexity index is 1280. The van der Waals surface area contributed by atoms with Gasteiger partial charge in [-0.15, -0.1) is 0 Å². The van der Waals surface area contributed by atoms with Crippen LogP contribution in [0.15, 0.2) is 36.5 Å². The molecule has 1 aromatic heterocycles. The average molecular weight is 558 g/mol. The normalized spacial score (nSPS) is 20.4. The van der Waals surface area contributed by atoms with Gasteiger partial charge in [0.2, 0.25) is 15.7 Å². The number of aromatic nitrogens is 1. The summed E-state index contributed by atoms with van der Waals surface area (Å²) in [6.07, 6.45) is -0.161. The fourth-order valence-corrected chi connectivity index (χ4v) is 5.58. The van der Waals surface area contributed by atoms with Gasteiger partial charge >= 0.3 is 6.09 Å². The van der Waals surface area contributed by atoms with Crippen molar-refractivity contribution in [2.45, 2.75) is 77.5 Å². The van der Waals surface area contributed by atoms with Crippen LogP contribution in [0.5, 0.6) is 0 Å². The van der Waals surface area contributed by atoms with E-state index in [9.17, 15) is 18.4 Å². The molecule has 3 rings (SSSR count). The zero-order valence-electron chi connectivity index (χ0n) is 22.3. The Kier molecular flexibility index (Phi) is 8.38. The van der Waals surface area contributed by atoms with Gasteiger partial charge in [-0.2, -0.15) is 4.73 Å². The fourth-order valence-electron chi connectivity index (χ4n) is 4.70. The van der Waals surface area contributed by atoms with Crippen LogP contribution < -0.4 is 9.45 Å². The Morgan fingerprint density at radius 3 is 2.53 bits per heavy atom. The van der Waals surface area contributed by atoms with E-state index in [1.54, 1.807) is 46.8 Å². The number of hydrogen-bond donors (Lipinski definition) is 1. The summed E-state index contributed by atoms with van der Waals surface area (Å²) in [7, 11) is -4.10. The van der Waals surface area contributed by atoms with Crippen molar-refractivity contribution < 1.29 is 35.9 Å². The van der Waals surface area contributed by atoms with Crippen molar-refractivity contribution in [2.75, 3.05) is 12.3 Å². The number of alkyl halides is 2. The first-order chi connectivity index (χ1) is 17.5. The molecule has 0 aliphatic carbocycles. The van der Waals surface area contributed by atoms with Crippen molar-refractivity contribution in [3.63, 3.8) is 0 Å². The number of carbonyl (C=O) groups excluding carboxylic acids is 1. The minimum Gasteiger partial charge on any atom is -0.618 e. The maximum atomic E-state index is 15.9.